The van der Waals surface area contributed by atoms with E-state index in [0.717, 1.165) is 16.8 Å². The molecule has 218 valence electrons. The lowest BCUT2D eigenvalue weighted by atomic mass is 10.1. The van der Waals surface area contributed by atoms with E-state index in [1.54, 1.807) is 34.0 Å². The summed E-state index contributed by atoms with van der Waals surface area (Å²) in [5.41, 5.74) is 2.33. The van der Waals surface area contributed by atoms with Gasteiger partial charge in [-0.3, -0.25) is 14.3 Å². The lowest BCUT2D eigenvalue weighted by molar-refractivity contribution is 0.0238. The maximum Gasteiger partial charge on any atom is 0.410 e. The predicted molar refractivity (Wildman–Crippen MR) is 148 cm³/mol. The number of carbonyl (C=O) groups excluding carboxylic acids is 1. The van der Waals surface area contributed by atoms with Gasteiger partial charge in [-0.2, -0.15) is 5.10 Å². The van der Waals surface area contributed by atoms with Crippen LogP contribution < -0.4 is 18.9 Å². The van der Waals surface area contributed by atoms with E-state index >= 15 is 0 Å². The van der Waals surface area contributed by atoms with Gasteiger partial charge in [-0.25, -0.2) is 13.2 Å². The molecule has 0 unspecified atom stereocenters. The predicted octanol–water partition coefficient (Wildman–Crippen LogP) is 4.15. The highest BCUT2D eigenvalue weighted by atomic mass is 32.2. The number of anilines is 1. The summed E-state index contributed by atoms with van der Waals surface area (Å²) in [7, 11) is 0.139. The molecule has 14 heteroatoms. The first-order chi connectivity index (χ1) is 19.4. The van der Waals surface area contributed by atoms with Gasteiger partial charge in [0.2, 0.25) is 0 Å². The average molecular weight is 586 g/mol. The number of rotatable bonds is 8. The number of hydrogen-bond donors (Lipinski definition) is 1. The first kappa shape index (κ1) is 28.1. The number of nitrogens with zero attached hydrogens (tertiary/aromatic N) is 4. The van der Waals surface area contributed by atoms with Crippen LogP contribution in [0, 0.1) is 0 Å². The third kappa shape index (κ3) is 5.59. The molecule has 0 saturated heterocycles. The minimum Gasteiger partial charge on any atom is -0.497 e. The molecule has 3 heterocycles. The molecule has 0 fully saturated rings. The molecule has 0 atom stereocenters. The Kier molecular flexibility index (Phi) is 7.19. The molecular weight excluding hydrogens is 554 g/mol. The summed E-state index contributed by atoms with van der Waals surface area (Å²) < 4.78 is 57.9. The molecule has 41 heavy (non-hydrogen) atoms. The van der Waals surface area contributed by atoms with Gasteiger partial charge in [0.05, 0.1) is 52.9 Å². The average Bonchev–Trinajstić information content (AvgIpc) is 3.62. The van der Waals surface area contributed by atoms with Crippen molar-refractivity contribution < 1.29 is 36.7 Å². The van der Waals surface area contributed by atoms with Crippen molar-refractivity contribution in [1.29, 1.82) is 0 Å². The number of fused-ring (bicyclic) bond motifs is 2. The van der Waals surface area contributed by atoms with E-state index < -0.39 is 15.6 Å². The second-order valence-corrected chi connectivity index (χ2v) is 12.1. The molecule has 0 radical (unpaired) electrons. The summed E-state index contributed by atoms with van der Waals surface area (Å²) in [6.45, 7) is 6.62. The summed E-state index contributed by atoms with van der Waals surface area (Å²) in [5, 5.41) is 8.81. The van der Waals surface area contributed by atoms with E-state index in [1.165, 1.54) is 33.5 Å². The van der Waals surface area contributed by atoms with Gasteiger partial charge in [0.25, 0.3) is 10.0 Å². The van der Waals surface area contributed by atoms with E-state index in [0.29, 0.717) is 42.1 Å². The second-order valence-electron chi connectivity index (χ2n) is 10.4. The van der Waals surface area contributed by atoms with Crippen LogP contribution in [0.5, 0.6) is 17.2 Å². The minimum atomic E-state index is -4.15. The summed E-state index contributed by atoms with van der Waals surface area (Å²) in [6, 6.07) is 7.95. The number of amides is 1. The number of nitrogens with one attached hydrogen (secondary N) is 1. The van der Waals surface area contributed by atoms with Gasteiger partial charge in [0, 0.05) is 11.6 Å². The molecule has 2 aromatic carbocycles. The number of benzene rings is 2. The van der Waals surface area contributed by atoms with Crippen LogP contribution in [0.1, 0.15) is 37.6 Å². The van der Waals surface area contributed by atoms with Gasteiger partial charge in [-0.15, -0.1) is 0 Å². The first-order valence-corrected chi connectivity index (χ1v) is 14.1. The molecule has 1 aliphatic rings. The lowest BCUT2D eigenvalue weighted by Crippen LogP contribution is -2.33. The van der Waals surface area contributed by atoms with E-state index in [9.17, 15) is 13.2 Å². The number of ether oxygens (including phenoxy) is 4. The van der Waals surface area contributed by atoms with Crippen molar-refractivity contribution in [2.45, 2.75) is 50.9 Å². The monoisotopic (exact) mass is 585 g/mol. The fourth-order valence-corrected chi connectivity index (χ4v) is 5.75. The Morgan fingerprint density at radius 3 is 2.49 bits per heavy atom. The van der Waals surface area contributed by atoms with Crippen LogP contribution in [0.25, 0.3) is 11.0 Å². The first-order valence-electron chi connectivity index (χ1n) is 12.6. The highest BCUT2D eigenvalue weighted by Gasteiger charge is 2.31. The minimum absolute atomic E-state index is 0.0405. The van der Waals surface area contributed by atoms with Crippen LogP contribution in [0.3, 0.4) is 0 Å². The number of carbonyl (C=O) groups is 1. The Hall–Kier alpha value is -4.46. The van der Waals surface area contributed by atoms with Gasteiger partial charge in [-0.05, 0) is 50.6 Å². The van der Waals surface area contributed by atoms with Crippen LogP contribution in [-0.4, -0.2) is 61.3 Å². The Labute approximate surface area is 236 Å². The quantitative estimate of drug-likeness (QED) is 0.320. The molecule has 0 spiro atoms. The maximum absolute atomic E-state index is 13.3. The number of sulfonamides is 1. The van der Waals surface area contributed by atoms with Crippen LogP contribution in [0.15, 0.2) is 45.9 Å². The molecule has 1 N–H and O–H groups in total. The molecule has 4 aromatic rings. The second kappa shape index (κ2) is 10.5. The van der Waals surface area contributed by atoms with Gasteiger partial charge in [-0.1, -0.05) is 5.16 Å². The SMILES string of the molecule is COc1ccc(OC)c(S(=O)(=O)Nc2noc3cc(Cn4ncc5c4CN(C(=O)OC(C)(C)C)C5)cc(OC)c23)c1. The Bertz CT molecular complexity index is 1720. The highest BCUT2D eigenvalue weighted by molar-refractivity contribution is 7.92. The van der Waals surface area contributed by atoms with Crippen molar-refractivity contribution in [3.05, 3.63) is 53.3 Å². The third-order valence-corrected chi connectivity index (χ3v) is 7.79. The summed E-state index contributed by atoms with van der Waals surface area (Å²) in [4.78, 5) is 14.1. The maximum atomic E-state index is 13.3. The zero-order valence-electron chi connectivity index (χ0n) is 23.5. The molecule has 0 aliphatic carbocycles. The van der Waals surface area contributed by atoms with Gasteiger partial charge >= 0.3 is 6.09 Å². The normalized spacial score (nSPS) is 13.3. The van der Waals surface area contributed by atoms with E-state index in [-0.39, 0.29) is 22.6 Å². The van der Waals surface area contributed by atoms with Crippen molar-refractivity contribution in [3.8, 4) is 17.2 Å². The lowest BCUT2D eigenvalue weighted by Gasteiger charge is -2.24. The molecule has 0 saturated carbocycles. The zero-order valence-corrected chi connectivity index (χ0v) is 24.4. The standard InChI is InChI=1S/C27H31N5O8S/c1-27(2,3)39-26(33)31-14-17-12-28-32(19(17)15-31)13-16-9-21(38-6)24-22(10-16)40-29-25(24)30-41(34,35)23-11-18(36-4)7-8-20(23)37-5/h7-12H,13-15H2,1-6H3,(H,29,30). The van der Waals surface area contributed by atoms with Crippen LogP contribution >= 0.6 is 0 Å². The van der Waals surface area contributed by atoms with Crippen LogP contribution in [-0.2, 0) is 34.4 Å². The fraction of sp³-hybridized carbons (Fsp3) is 0.370. The fourth-order valence-electron chi connectivity index (χ4n) is 4.56. The van der Waals surface area contributed by atoms with Crippen molar-refractivity contribution in [1.82, 2.24) is 19.8 Å². The van der Waals surface area contributed by atoms with Crippen LogP contribution in [0.4, 0.5) is 10.6 Å². The topological polar surface area (TPSA) is 147 Å². The summed E-state index contributed by atoms with van der Waals surface area (Å²) in [6.07, 6.45) is 1.36. The number of hydrogen-bond acceptors (Lipinski definition) is 10. The molecule has 1 aliphatic heterocycles. The smallest absolute Gasteiger partial charge is 0.410 e. The van der Waals surface area contributed by atoms with E-state index in [4.69, 9.17) is 23.5 Å². The molecule has 0 bridgehead atoms. The van der Waals surface area contributed by atoms with Crippen molar-refractivity contribution in [2.24, 2.45) is 0 Å². The van der Waals surface area contributed by atoms with Gasteiger partial charge in [0.15, 0.2) is 11.4 Å². The Morgan fingerprint density at radius 1 is 1.05 bits per heavy atom. The van der Waals surface area contributed by atoms with Gasteiger partial charge in [0.1, 0.15) is 33.1 Å². The van der Waals surface area contributed by atoms with Crippen molar-refractivity contribution in [3.63, 3.8) is 0 Å². The largest absolute Gasteiger partial charge is 0.497 e. The van der Waals surface area contributed by atoms with Crippen molar-refractivity contribution in [2.75, 3.05) is 26.1 Å². The van der Waals surface area contributed by atoms with Crippen molar-refractivity contribution >= 4 is 32.9 Å². The zero-order chi connectivity index (χ0) is 29.5. The number of aromatic nitrogens is 3. The molecule has 2 aromatic heterocycles. The summed E-state index contributed by atoms with van der Waals surface area (Å²) >= 11 is 0. The Morgan fingerprint density at radius 2 is 1.80 bits per heavy atom. The molecule has 13 nitrogen and oxygen atoms in total. The van der Waals surface area contributed by atoms with E-state index in [2.05, 4.69) is 15.0 Å². The van der Waals surface area contributed by atoms with E-state index in [1.807, 2.05) is 20.8 Å². The molecule has 5 rings (SSSR count). The Balaban J connectivity index is 1.41. The summed E-state index contributed by atoms with van der Waals surface area (Å²) in [5.74, 6) is 0.796. The van der Waals surface area contributed by atoms with Crippen LogP contribution in [0.2, 0.25) is 0 Å². The third-order valence-electron chi connectivity index (χ3n) is 6.43. The van der Waals surface area contributed by atoms with Gasteiger partial charge < -0.3 is 23.5 Å². The molecular formula is C27H31N5O8S. The highest BCUT2D eigenvalue weighted by Crippen LogP contribution is 2.37. The molecule has 1 amide bonds. The number of methoxy groups -OCH3 is 3.